The number of halogens is 1. The lowest BCUT2D eigenvalue weighted by molar-refractivity contribution is -0.144. The lowest BCUT2D eigenvalue weighted by Crippen LogP contribution is -2.51. The normalized spacial score (nSPS) is 19.0. The Kier molecular flexibility index (Phi) is 6.90. The quantitative estimate of drug-likeness (QED) is 0.800. The van der Waals surface area contributed by atoms with E-state index in [2.05, 4.69) is 0 Å². The smallest absolute Gasteiger partial charge is 0.317 e. The van der Waals surface area contributed by atoms with Crippen LogP contribution >= 0.6 is 0 Å². The van der Waals surface area contributed by atoms with Crippen molar-refractivity contribution in [1.29, 1.82) is 0 Å². The highest BCUT2D eigenvalue weighted by Gasteiger charge is 2.28. The summed E-state index contributed by atoms with van der Waals surface area (Å²) in [6, 6.07) is 6.49. The van der Waals surface area contributed by atoms with Gasteiger partial charge in [0.2, 0.25) is 5.91 Å². The van der Waals surface area contributed by atoms with E-state index in [4.69, 9.17) is 9.84 Å². The summed E-state index contributed by atoms with van der Waals surface area (Å²) < 4.78 is 19.4. The van der Waals surface area contributed by atoms with Crippen molar-refractivity contribution in [3.05, 3.63) is 35.6 Å². The Balaban J connectivity index is 1.90. The number of carbonyl (C=O) groups excluding carboxylic acids is 1. The predicted octanol–water partition coefficient (Wildman–Crippen LogP) is 1.25. The molecule has 0 radical (unpaired) electrons. The summed E-state index contributed by atoms with van der Waals surface area (Å²) in [7, 11) is 1.71. The molecule has 1 aromatic rings. The first kappa shape index (κ1) is 19.3. The van der Waals surface area contributed by atoms with Gasteiger partial charge >= 0.3 is 5.97 Å². The minimum atomic E-state index is -0.898. The van der Waals surface area contributed by atoms with Gasteiger partial charge in [-0.05, 0) is 25.1 Å². The van der Waals surface area contributed by atoms with Crippen LogP contribution in [0, 0.1) is 11.7 Å². The van der Waals surface area contributed by atoms with Crippen LogP contribution in [0.15, 0.2) is 24.3 Å². The van der Waals surface area contributed by atoms with Crippen LogP contribution in [-0.2, 0) is 20.7 Å². The first-order chi connectivity index (χ1) is 11.9. The van der Waals surface area contributed by atoms with Crippen molar-refractivity contribution in [2.24, 2.45) is 5.92 Å². The van der Waals surface area contributed by atoms with Gasteiger partial charge in [-0.3, -0.25) is 14.5 Å². The van der Waals surface area contributed by atoms with E-state index in [1.54, 1.807) is 42.0 Å². The number of ether oxygens (including phenoxy) is 1. The molecule has 25 heavy (non-hydrogen) atoms. The molecule has 6 nitrogen and oxygen atoms in total. The van der Waals surface area contributed by atoms with E-state index in [0.29, 0.717) is 38.2 Å². The lowest BCUT2D eigenvalue weighted by Gasteiger charge is -2.36. The minimum Gasteiger partial charge on any atom is -0.480 e. The van der Waals surface area contributed by atoms with Gasteiger partial charge in [0.1, 0.15) is 5.82 Å². The average Bonchev–Trinajstić information content (AvgIpc) is 2.55. The molecule has 1 aliphatic heterocycles. The molecule has 2 rings (SSSR count). The highest BCUT2D eigenvalue weighted by atomic mass is 19.1. The number of likely N-dealkylation sites (N-methyl/N-ethyl adjacent to an activating group) is 1. The Morgan fingerprint density at radius 3 is 2.84 bits per heavy atom. The summed E-state index contributed by atoms with van der Waals surface area (Å²) in [5.74, 6) is -1.55. The number of carbonyl (C=O) groups is 2. The molecule has 138 valence electrons. The van der Waals surface area contributed by atoms with Gasteiger partial charge in [-0.1, -0.05) is 25.1 Å². The maximum Gasteiger partial charge on any atom is 0.317 e. The number of carboxylic acids is 1. The summed E-state index contributed by atoms with van der Waals surface area (Å²) in [4.78, 5) is 26.8. The highest BCUT2D eigenvalue weighted by molar-refractivity contribution is 5.79. The molecule has 2 atom stereocenters. The highest BCUT2D eigenvalue weighted by Crippen LogP contribution is 2.16. The fraction of sp³-hybridized carbons (Fsp3) is 0.556. The molecule has 0 bridgehead atoms. The van der Waals surface area contributed by atoms with E-state index in [1.165, 1.54) is 6.07 Å². The van der Waals surface area contributed by atoms with Crippen LogP contribution < -0.4 is 0 Å². The summed E-state index contributed by atoms with van der Waals surface area (Å²) in [5, 5.41) is 8.81. The number of carboxylic acid groups (broad SMARTS) is 1. The Hall–Kier alpha value is -1.99. The molecular weight excluding hydrogens is 327 g/mol. The van der Waals surface area contributed by atoms with E-state index in [0.717, 1.165) is 0 Å². The van der Waals surface area contributed by atoms with Crippen LogP contribution in [0.1, 0.15) is 12.5 Å². The fourth-order valence-electron chi connectivity index (χ4n) is 3.07. The maximum atomic E-state index is 13.8. The summed E-state index contributed by atoms with van der Waals surface area (Å²) >= 11 is 0. The van der Waals surface area contributed by atoms with Gasteiger partial charge in [-0.2, -0.15) is 0 Å². The summed E-state index contributed by atoms with van der Waals surface area (Å²) in [6.45, 7) is 3.51. The largest absolute Gasteiger partial charge is 0.480 e. The van der Waals surface area contributed by atoms with Crippen LogP contribution in [0.5, 0.6) is 0 Å². The number of amides is 1. The first-order valence-corrected chi connectivity index (χ1v) is 8.41. The van der Waals surface area contributed by atoms with Gasteiger partial charge < -0.3 is 14.7 Å². The van der Waals surface area contributed by atoms with Crippen molar-refractivity contribution < 1.29 is 23.8 Å². The van der Waals surface area contributed by atoms with Gasteiger partial charge in [0.15, 0.2) is 0 Å². The average molecular weight is 352 g/mol. The Morgan fingerprint density at radius 1 is 1.44 bits per heavy atom. The number of benzene rings is 1. The molecular formula is C18H25FN2O4. The van der Waals surface area contributed by atoms with Crippen molar-refractivity contribution in [3.8, 4) is 0 Å². The van der Waals surface area contributed by atoms with E-state index in [9.17, 15) is 14.0 Å². The van der Waals surface area contributed by atoms with Gasteiger partial charge in [-0.25, -0.2) is 4.39 Å². The fourth-order valence-corrected chi connectivity index (χ4v) is 3.07. The van der Waals surface area contributed by atoms with Crippen LogP contribution in [0.4, 0.5) is 4.39 Å². The second kappa shape index (κ2) is 8.92. The van der Waals surface area contributed by atoms with Gasteiger partial charge in [0, 0.05) is 25.6 Å². The number of aliphatic carboxylic acids is 1. The molecule has 1 aliphatic rings. The molecule has 0 spiro atoms. The van der Waals surface area contributed by atoms with Crippen LogP contribution in [0.2, 0.25) is 0 Å². The number of rotatable bonds is 7. The van der Waals surface area contributed by atoms with E-state index < -0.39 is 5.97 Å². The van der Waals surface area contributed by atoms with Crippen molar-refractivity contribution in [3.63, 3.8) is 0 Å². The van der Waals surface area contributed by atoms with Crippen molar-refractivity contribution in [1.82, 2.24) is 9.80 Å². The van der Waals surface area contributed by atoms with Crippen LogP contribution in [-0.4, -0.2) is 72.7 Å². The van der Waals surface area contributed by atoms with E-state index in [-0.39, 0.29) is 30.3 Å². The monoisotopic (exact) mass is 352 g/mol. The molecule has 0 unspecified atom stereocenters. The van der Waals surface area contributed by atoms with Gasteiger partial charge in [0.05, 0.1) is 19.3 Å². The molecule has 0 aliphatic carbocycles. The number of morpholine rings is 1. The topological polar surface area (TPSA) is 70.1 Å². The van der Waals surface area contributed by atoms with E-state index in [1.807, 2.05) is 0 Å². The molecule has 1 saturated heterocycles. The van der Waals surface area contributed by atoms with Crippen molar-refractivity contribution in [2.45, 2.75) is 19.4 Å². The molecule has 1 amide bonds. The third kappa shape index (κ3) is 5.79. The molecule has 1 aromatic carbocycles. The molecule has 1 heterocycles. The Labute approximate surface area is 147 Å². The molecule has 1 N–H and O–H groups in total. The van der Waals surface area contributed by atoms with Crippen LogP contribution in [0.3, 0.4) is 0 Å². The Bertz CT molecular complexity index is 610. The molecule has 0 saturated carbocycles. The summed E-state index contributed by atoms with van der Waals surface area (Å²) in [5.41, 5.74) is 0.536. The lowest BCUT2D eigenvalue weighted by atomic mass is 9.99. The molecule has 0 aromatic heterocycles. The maximum absolute atomic E-state index is 13.8. The Morgan fingerprint density at radius 2 is 2.16 bits per heavy atom. The predicted molar refractivity (Wildman–Crippen MR) is 90.7 cm³/mol. The van der Waals surface area contributed by atoms with Crippen molar-refractivity contribution in [2.75, 3.05) is 39.8 Å². The van der Waals surface area contributed by atoms with Crippen LogP contribution in [0.25, 0.3) is 0 Å². The second-order valence-corrected chi connectivity index (χ2v) is 6.56. The van der Waals surface area contributed by atoms with Crippen molar-refractivity contribution >= 4 is 11.9 Å². The second-order valence-electron chi connectivity index (χ2n) is 6.56. The first-order valence-electron chi connectivity index (χ1n) is 8.41. The zero-order chi connectivity index (χ0) is 18.4. The standard InChI is InChI=1S/C18H25FN2O4/c1-13(9-14-5-3-4-6-16(14)19)18(24)21-7-8-25-15(11-21)10-20(2)12-17(22)23/h3-6,13,15H,7-12H2,1-2H3,(H,22,23)/t13-,15-/m1/s1. The van der Waals surface area contributed by atoms with Gasteiger partial charge in [0.25, 0.3) is 0 Å². The number of hydrogen-bond donors (Lipinski definition) is 1. The third-order valence-corrected chi connectivity index (χ3v) is 4.28. The zero-order valence-corrected chi connectivity index (χ0v) is 14.7. The SMILES string of the molecule is C[C@H](Cc1ccccc1F)C(=O)N1CCO[C@H](CN(C)CC(=O)O)C1. The van der Waals surface area contributed by atoms with E-state index >= 15 is 0 Å². The van der Waals surface area contributed by atoms with Gasteiger partial charge in [-0.15, -0.1) is 0 Å². The molecule has 7 heteroatoms. The third-order valence-electron chi connectivity index (χ3n) is 4.28. The summed E-state index contributed by atoms with van der Waals surface area (Å²) in [6.07, 6.45) is 0.134. The number of nitrogens with zero attached hydrogens (tertiary/aromatic N) is 2. The molecule has 1 fully saturated rings. The minimum absolute atomic E-state index is 0.0301. The zero-order valence-electron chi connectivity index (χ0n) is 14.7. The number of hydrogen-bond acceptors (Lipinski definition) is 4.